The molecule has 5 nitrogen and oxygen atoms in total. The number of rotatable bonds is 8. The molecule has 2 rings (SSSR count). The third-order valence-corrected chi connectivity index (χ3v) is 3.26. The van der Waals surface area contributed by atoms with Crippen LogP contribution in [-0.2, 0) is 13.0 Å². The molecule has 1 aromatic carbocycles. The zero-order valence-electron chi connectivity index (χ0n) is 13.0. The highest BCUT2D eigenvalue weighted by atomic mass is 35.5. The molecule has 1 aromatic heterocycles. The van der Waals surface area contributed by atoms with Gasteiger partial charge in [-0.1, -0.05) is 30.1 Å². The lowest BCUT2D eigenvalue weighted by atomic mass is 10.2. The first-order valence-electron chi connectivity index (χ1n) is 7.42. The number of aromatic nitrogens is 2. The van der Waals surface area contributed by atoms with Crippen LogP contribution in [0, 0.1) is 0 Å². The van der Waals surface area contributed by atoms with Crippen LogP contribution in [0.5, 0.6) is 5.75 Å². The summed E-state index contributed by atoms with van der Waals surface area (Å²) >= 11 is 5.88. The Morgan fingerprint density at radius 3 is 2.83 bits per heavy atom. The Balaban J connectivity index is 2.00. The second-order valence-electron chi connectivity index (χ2n) is 5.11. The van der Waals surface area contributed by atoms with Crippen molar-refractivity contribution in [2.24, 2.45) is 0 Å². The summed E-state index contributed by atoms with van der Waals surface area (Å²) in [5, 5.41) is 7.11. The molecule has 9 heteroatoms. The van der Waals surface area contributed by atoms with Crippen molar-refractivity contribution in [3.8, 4) is 5.75 Å². The van der Waals surface area contributed by atoms with Gasteiger partial charge in [0.2, 0.25) is 5.89 Å². The van der Waals surface area contributed by atoms with E-state index in [1.807, 2.05) is 0 Å². The van der Waals surface area contributed by atoms with Gasteiger partial charge in [-0.3, -0.25) is 0 Å². The van der Waals surface area contributed by atoms with E-state index in [1.165, 1.54) is 18.2 Å². The van der Waals surface area contributed by atoms with Crippen molar-refractivity contribution < 1.29 is 22.4 Å². The van der Waals surface area contributed by atoms with Gasteiger partial charge >= 0.3 is 6.18 Å². The van der Waals surface area contributed by atoms with Crippen molar-refractivity contribution in [3.05, 3.63) is 34.9 Å². The van der Waals surface area contributed by atoms with Crippen LogP contribution in [0.2, 0.25) is 5.02 Å². The van der Waals surface area contributed by atoms with Crippen LogP contribution in [0.3, 0.4) is 0 Å². The van der Waals surface area contributed by atoms with E-state index < -0.39 is 12.8 Å². The molecule has 24 heavy (non-hydrogen) atoms. The normalized spacial score (nSPS) is 11.5. The molecule has 0 aliphatic heterocycles. The average molecular weight is 364 g/mol. The second kappa shape index (κ2) is 8.23. The van der Waals surface area contributed by atoms with Crippen LogP contribution in [0.15, 0.2) is 22.7 Å². The van der Waals surface area contributed by atoms with Gasteiger partial charge in [0.1, 0.15) is 5.75 Å². The number of unbranched alkanes of at least 4 members (excludes halogenated alkanes) is 1. The van der Waals surface area contributed by atoms with Crippen LogP contribution in [0.4, 0.5) is 18.9 Å². The summed E-state index contributed by atoms with van der Waals surface area (Å²) in [5.74, 6) is 0.985. The molecular weight excluding hydrogens is 347 g/mol. The Labute approximate surface area is 142 Å². The minimum atomic E-state index is -4.42. The summed E-state index contributed by atoms with van der Waals surface area (Å²) in [6.45, 7) is 0.830. The molecule has 0 radical (unpaired) electrons. The van der Waals surface area contributed by atoms with Crippen molar-refractivity contribution >= 4 is 17.3 Å². The highest BCUT2D eigenvalue weighted by molar-refractivity contribution is 6.30. The molecule has 0 amide bonds. The number of hydrogen-bond donors (Lipinski definition) is 1. The molecule has 0 saturated heterocycles. The van der Waals surface area contributed by atoms with Crippen LogP contribution >= 0.6 is 11.6 Å². The first kappa shape index (κ1) is 18.4. The number of nitrogens with one attached hydrogen (secondary N) is 1. The maximum absolute atomic E-state index is 12.3. The molecule has 0 aliphatic carbocycles. The van der Waals surface area contributed by atoms with E-state index in [4.69, 9.17) is 20.9 Å². The quantitative estimate of drug-likeness (QED) is 0.741. The summed E-state index contributed by atoms with van der Waals surface area (Å²) in [7, 11) is 0. The number of anilines is 1. The maximum atomic E-state index is 12.3. The fraction of sp³-hybridized carbons (Fsp3) is 0.467. The van der Waals surface area contributed by atoms with E-state index in [-0.39, 0.29) is 12.3 Å². The molecule has 0 bridgehead atoms. The van der Waals surface area contributed by atoms with Gasteiger partial charge in [0.15, 0.2) is 12.4 Å². The Kier molecular flexibility index (Phi) is 6.30. The highest BCUT2D eigenvalue weighted by Gasteiger charge is 2.28. The Bertz CT molecular complexity index is 662. The monoisotopic (exact) mass is 363 g/mol. The third kappa shape index (κ3) is 5.92. The minimum absolute atomic E-state index is 0.0439. The van der Waals surface area contributed by atoms with Gasteiger partial charge in [0.25, 0.3) is 0 Å². The molecular formula is C15H17ClF3N3O2. The summed E-state index contributed by atoms with van der Waals surface area (Å²) < 4.78 is 46.8. The average Bonchev–Trinajstić information content (AvgIpc) is 2.97. The van der Waals surface area contributed by atoms with Gasteiger partial charge in [-0.05, 0) is 24.6 Å². The lowest BCUT2D eigenvalue weighted by Crippen LogP contribution is -2.19. The third-order valence-electron chi connectivity index (χ3n) is 3.03. The summed E-state index contributed by atoms with van der Waals surface area (Å²) in [4.78, 5) is 4.21. The summed E-state index contributed by atoms with van der Waals surface area (Å²) in [5.41, 5.74) is 0.319. The summed E-state index contributed by atoms with van der Waals surface area (Å²) in [6.07, 6.45) is -1.73. The van der Waals surface area contributed by atoms with E-state index in [0.29, 0.717) is 22.4 Å². The predicted octanol–water partition coefficient (Wildman–Crippen LogP) is 4.62. The Hall–Kier alpha value is -1.96. The van der Waals surface area contributed by atoms with Crippen molar-refractivity contribution in [2.75, 3.05) is 11.9 Å². The molecule has 132 valence electrons. The number of halogens is 4. The van der Waals surface area contributed by atoms with Crippen molar-refractivity contribution in [1.29, 1.82) is 0 Å². The van der Waals surface area contributed by atoms with Crippen LogP contribution in [0.1, 0.15) is 31.5 Å². The topological polar surface area (TPSA) is 60.2 Å². The zero-order valence-corrected chi connectivity index (χ0v) is 13.7. The van der Waals surface area contributed by atoms with Crippen molar-refractivity contribution in [1.82, 2.24) is 10.1 Å². The van der Waals surface area contributed by atoms with E-state index in [1.54, 1.807) is 0 Å². The number of alkyl halides is 3. The second-order valence-corrected chi connectivity index (χ2v) is 5.54. The molecule has 0 atom stereocenters. The van der Waals surface area contributed by atoms with Gasteiger partial charge < -0.3 is 14.6 Å². The lowest BCUT2D eigenvalue weighted by molar-refractivity contribution is -0.153. The Morgan fingerprint density at radius 1 is 1.33 bits per heavy atom. The first-order chi connectivity index (χ1) is 11.4. The molecule has 2 aromatic rings. The summed E-state index contributed by atoms with van der Waals surface area (Å²) in [6, 6.07) is 4.30. The maximum Gasteiger partial charge on any atom is 0.422 e. The van der Waals surface area contributed by atoms with Gasteiger partial charge in [0, 0.05) is 11.4 Å². The molecule has 0 saturated carbocycles. The van der Waals surface area contributed by atoms with Crippen molar-refractivity contribution in [3.63, 3.8) is 0 Å². The van der Waals surface area contributed by atoms with Crippen LogP contribution in [0.25, 0.3) is 0 Å². The van der Waals surface area contributed by atoms with Crippen molar-refractivity contribution in [2.45, 2.75) is 38.9 Å². The van der Waals surface area contributed by atoms with Gasteiger partial charge in [0.05, 0.1) is 12.2 Å². The molecule has 0 aliphatic rings. The fourth-order valence-corrected chi connectivity index (χ4v) is 2.07. The van der Waals surface area contributed by atoms with Crippen LogP contribution < -0.4 is 10.1 Å². The molecule has 1 heterocycles. The van der Waals surface area contributed by atoms with E-state index in [2.05, 4.69) is 22.4 Å². The molecule has 0 spiro atoms. The van der Waals surface area contributed by atoms with E-state index >= 15 is 0 Å². The number of benzene rings is 1. The SMILES string of the molecule is CCCCc1noc(CNc2cc(Cl)ccc2OCC(F)(F)F)n1. The molecule has 1 N–H and O–H groups in total. The minimum Gasteiger partial charge on any atom is -0.482 e. The van der Waals surface area contributed by atoms with E-state index in [9.17, 15) is 13.2 Å². The van der Waals surface area contributed by atoms with Gasteiger partial charge in [-0.25, -0.2) is 0 Å². The molecule has 0 unspecified atom stereocenters. The highest BCUT2D eigenvalue weighted by Crippen LogP contribution is 2.30. The van der Waals surface area contributed by atoms with Gasteiger partial charge in [-0.2, -0.15) is 18.2 Å². The fourth-order valence-electron chi connectivity index (χ4n) is 1.90. The predicted molar refractivity (Wildman–Crippen MR) is 83.2 cm³/mol. The van der Waals surface area contributed by atoms with Crippen LogP contribution in [-0.4, -0.2) is 22.9 Å². The zero-order chi connectivity index (χ0) is 17.6. The standard InChI is InChI=1S/C15H17ClF3N3O2/c1-2-3-4-13-21-14(24-22-13)8-20-11-7-10(16)5-6-12(11)23-9-15(17,18)19/h5-7,20H,2-4,8-9H2,1H3. The first-order valence-corrected chi connectivity index (χ1v) is 7.79. The number of hydrogen-bond acceptors (Lipinski definition) is 5. The smallest absolute Gasteiger partial charge is 0.422 e. The van der Waals surface area contributed by atoms with E-state index in [0.717, 1.165) is 19.3 Å². The number of aryl methyl sites for hydroxylation is 1. The molecule has 0 fully saturated rings. The van der Waals surface area contributed by atoms with Gasteiger partial charge in [-0.15, -0.1) is 0 Å². The number of nitrogens with zero attached hydrogens (tertiary/aromatic N) is 2. The lowest BCUT2D eigenvalue weighted by Gasteiger charge is -2.14. The largest absolute Gasteiger partial charge is 0.482 e. The Morgan fingerprint density at radius 2 is 2.12 bits per heavy atom. The number of ether oxygens (including phenoxy) is 1.